The van der Waals surface area contributed by atoms with Crippen LogP contribution in [0.5, 0.6) is 0 Å². The van der Waals surface area contributed by atoms with Crippen molar-refractivity contribution >= 4 is 29.1 Å². The molecule has 0 saturated heterocycles. The van der Waals surface area contributed by atoms with E-state index in [1.54, 1.807) is 12.1 Å². The second kappa shape index (κ2) is 8.87. The predicted molar refractivity (Wildman–Crippen MR) is 107 cm³/mol. The zero-order chi connectivity index (χ0) is 20.1. The Labute approximate surface area is 171 Å². The number of nitrogens with zero attached hydrogens (tertiary/aromatic N) is 5. The van der Waals surface area contributed by atoms with E-state index in [2.05, 4.69) is 17.1 Å². The number of nitro benzene ring substituents is 1. The number of hydrogen-bond acceptors (Lipinski definition) is 6. The van der Waals surface area contributed by atoms with Crippen molar-refractivity contribution in [2.24, 2.45) is 0 Å². The van der Waals surface area contributed by atoms with Gasteiger partial charge < -0.3 is 4.57 Å². The fourth-order valence-electron chi connectivity index (χ4n) is 2.65. The number of benzene rings is 2. The zero-order valence-corrected chi connectivity index (χ0v) is 16.6. The fraction of sp³-hybridized carbons (Fsp3) is 0.211. The van der Waals surface area contributed by atoms with Crippen LogP contribution in [0.1, 0.15) is 25.3 Å². The smallest absolute Gasteiger partial charge is 0.288 e. The lowest BCUT2D eigenvalue weighted by atomic mass is 10.2. The monoisotopic (exact) mass is 413 g/mol. The topological polar surface area (TPSA) is 97.6 Å². The average molecular weight is 414 g/mol. The summed E-state index contributed by atoms with van der Waals surface area (Å²) in [4.78, 5) is 11.3. The summed E-state index contributed by atoms with van der Waals surface area (Å²) in [6.07, 6.45) is 1.94. The lowest BCUT2D eigenvalue weighted by Gasteiger charge is -2.10. The molecule has 1 aromatic heterocycles. The zero-order valence-electron chi connectivity index (χ0n) is 15.0. The highest BCUT2D eigenvalue weighted by atomic mass is 35.5. The Balaban J connectivity index is 1.99. The molecule has 1 heterocycles. The summed E-state index contributed by atoms with van der Waals surface area (Å²) in [6.45, 7) is 2.81. The average Bonchev–Trinajstić information content (AvgIpc) is 3.08. The molecule has 0 amide bonds. The Morgan fingerprint density at radius 3 is 2.79 bits per heavy atom. The second-order valence-electron chi connectivity index (χ2n) is 5.97. The fourth-order valence-corrected chi connectivity index (χ4v) is 3.73. The molecule has 3 aromatic rings. The third-order valence-corrected chi connectivity index (χ3v) is 5.24. The first-order valence-corrected chi connectivity index (χ1v) is 9.78. The molecule has 0 bridgehead atoms. The lowest BCUT2D eigenvalue weighted by molar-refractivity contribution is -0.385. The Kier molecular flexibility index (Phi) is 6.29. The summed E-state index contributed by atoms with van der Waals surface area (Å²) in [5, 5.41) is 30.1. The Morgan fingerprint density at radius 2 is 2.11 bits per heavy atom. The van der Waals surface area contributed by atoms with Crippen LogP contribution in [0.25, 0.3) is 11.4 Å². The summed E-state index contributed by atoms with van der Waals surface area (Å²) in [7, 11) is 0. The number of nitriles is 1. The molecule has 2 aromatic carbocycles. The summed E-state index contributed by atoms with van der Waals surface area (Å²) < 4.78 is 1.99. The molecule has 0 N–H and O–H groups in total. The molecule has 7 nitrogen and oxygen atoms in total. The number of nitro groups is 1. The molecule has 0 radical (unpaired) electrons. The van der Waals surface area contributed by atoms with Crippen molar-refractivity contribution in [3.05, 3.63) is 63.2 Å². The molecule has 0 atom stereocenters. The summed E-state index contributed by atoms with van der Waals surface area (Å²) in [5.41, 5.74) is 0.664. The van der Waals surface area contributed by atoms with Gasteiger partial charge in [0.1, 0.15) is 11.6 Å². The minimum absolute atomic E-state index is 0.0291. The maximum atomic E-state index is 11.2. The molecule has 28 heavy (non-hydrogen) atoms. The molecular formula is C19H16ClN5O2S. The predicted octanol–water partition coefficient (Wildman–Crippen LogP) is 5.33. The van der Waals surface area contributed by atoms with Gasteiger partial charge in [0.05, 0.1) is 4.92 Å². The highest BCUT2D eigenvalue weighted by Gasteiger charge is 2.18. The van der Waals surface area contributed by atoms with E-state index in [1.165, 1.54) is 23.9 Å². The van der Waals surface area contributed by atoms with Crippen molar-refractivity contribution in [3.8, 4) is 17.5 Å². The summed E-state index contributed by atoms with van der Waals surface area (Å²) in [6, 6.07) is 13.7. The SMILES string of the molecule is CCCCn1c(Sc2ccc(C#N)c([N+](=O)[O-])c2)nnc1-c1cccc(Cl)c1. The van der Waals surface area contributed by atoms with E-state index in [0.717, 1.165) is 18.4 Å². The third-order valence-electron chi connectivity index (χ3n) is 4.03. The summed E-state index contributed by atoms with van der Waals surface area (Å²) in [5.74, 6) is 0.696. The van der Waals surface area contributed by atoms with E-state index in [-0.39, 0.29) is 11.3 Å². The van der Waals surface area contributed by atoms with E-state index in [1.807, 2.05) is 28.8 Å². The molecule has 9 heteroatoms. The molecule has 3 rings (SSSR count). The molecule has 0 unspecified atom stereocenters. The number of halogens is 1. The first-order valence-electron chi connectivity index (χ1n) is 8.59. The van der Waals surface area contributed by atoms with Gasteiger partial charge in [-0.2, -0.15) is 5.26 Å². The Bertz CT molecular complexity index is 1060. The van der Waals surface area contributed by atoms with Crippen LogP contribution in [0.3, 0.4) is 0 Å². The van der Waals surface area contributed by atoms with Gasteiger partial charge in [-0.1, -0.05) is 37.1 Å². The van der Waals surface area contributed by atoms with Gasteiger partial charge >= 0.3 is 0 Å². The van der Waals surface area contributed by atoms with E-state index in [4.69, 9.17) is 16.9 Å². The molecule has 0 fully saturated rings. The van der Waals surface area contributed by atoms with Crippen molar-refractivity contribution in [3.63, 3.8) is 0 Å². The number of unbranched alkanes of at least 4 members (excludes halogenated alkanes) is 1. The van der Waals surface area contributed by atoms with Crippen molar-refractivity contribution in [1.29, 1.82) is 5.26 Å². The normalized spacial score (nSPS) is 10.6. The van der Waals surface area contributed by atoms with Gasteiger partial charge in [0.25, 0.3) is 5.69 Å². The van der Waals surface area contributed by atoms with E-state index < -0.39 is 4.92 Å². The van der Waals surface area contributed by atoms with Crippen molar-refractivity contribution in [2.75, 3.05) is 0 Å². The highest BCUT2D eigenvalue weighted by molar-refractivity contribution is 7.99. The van der Waals surface area contributed by atoms with Crippen molar-refractivity contribution in [1.82, 2.24) is 14.8 Å². The van der Waals surface area contributed by atoms with Gasteiger partial charge in [0.2, 0.25) is 0 Å². The maximum Gasteiger partial charge on any atom is 0.288 e. The van der Waals surface area contributed by atoms with Gasteiger partial charge in [-0.3, -0.25) is 10.1 Å². The van der Waals surface area contributed by atoms with E-state index in [0.29, 0.717) is 27.4 Å². The molecular weight excluding hydrogens is 398 g/mol. The van der Waals surface area contributed by atoms with Crippen LogP contribution in [-0.2, 0) is 6.54 Å². The van der Waals surface area contributed by atoms with Crippen LogP contribution in [-0.4, -0.2) is 19.7 Å². The third kappa shape index (κ3) is 4.32. The van der Waals surface area contributed by atoms with Gasteiger partial charge in [0, 0.05) is 28.1 Å². The summed E-state index contributed by atoms with van der Waals surface area (Å²) >= 11 is 7.39. The minimum Gasteiger partial charge on any atom is -0.302 e. The maximum absolute atomic E-state index is 11.2. The number of aromatic nitrogens is 3. The second-order valence-corrected chi connectivity index (χ2v) is 7.45. The van der Waals surface area contributed by atoms with Gasteiger partial charge in [0.15, 0.2) is 11.0 Å². The largest absolute Gasteiger partial charge is 0.302 e. The quantitative estimate of drug-likeness (QED) is 0.383. The van der Waals surface area contributed by atoms with Crippen LogP contribution in [0.4, 0.5) is 5.69 Å². The van der Waals surface area contributed by atoms with Gasteiger partial charge in [-0.25, -0.2) is 0 Å². The van der Waals surface area contributed by atoms with Crippen molar-refractivity contribution in [2.45, 2.75) is 36.4 Å². The minimum atomic E-state index is -0.554. The molecule has 0 aliphatic heterocycles. The van der Waals surface area contributed by atoms with Crippen LogP contribution in [0.2, 0.25) is 5.02 Å². The van der Waals surface area contributed by atoms with Crippen LogP contribution >= 0.6 is 23.4 Å². The number of hydrogen-bond donors (Lipinski definition) is 0. The van der Waals surface area contributed by atoms with Crippen LogP contribution in [0, 0.1) is 21.4 Å². The highest BCUT2D eigenvalue weighted by Crippen LogP contribution is 2.33. The molecule has 0 spiro atoms. The van der Waals surface area contributed by atoms with Crippen LogP contribution < -0.4 is 0 Å². The number of rotatable bonds is 7. The molecule has 142 valence electrons. The van der Waals surface area contributed by atoms with Gasteiger partial charge in [-0.15, -0.1) is 10.2 Å². The first-order chi connectivity index (χ1) is 13.5. The molecule has 0 aliphatic rings. The van der Waals surface area contributed by atoms with Crippen LogP contribution in [0.15, 0.2) is 52.5 Å². The molecule has 0 saturated carbocycles. The lowest BCUT2D eigenvalue weighted by Crippen LogP contribution is -2.02. The Morgan fingerprint density at radius 1 is 1.29 bits per heavy atom. The van der Waals surface area contributed by atoms with E-state index in [9.17, 15) is 10.1 Å². The first kappa shape index (κ1) is 19.9. The standard InChI is InChI=1S/C19H16ClN5O2S/c1-2-3-9-24-18(13-5-4-6-15(20)10-13)22-23-19(24)28-16-8-7-14(12-21)17(11-16)25(26)27/h4-8,10-11H,2-3,9H2,1H3. The van der Waals surface area contributed by atoms with E-state index >= 15 is 0 Å². The Hall–Kier alpha value is -2.89. The van der Waals surface area contributed by atoms with Crippen molar-refractivity contribution < 1.29 is 4.92 Å². The molecule has 0 aliphatic carbocycles. The van der Waals surface area contributed by atoms with Gasteiger partial charge in [-0.05, 0) is 42.4 Å².